The lowest BCUT2D eigenvalue weighted by Crippen LogP contribution is -2.70. The van der Waals surface area contributed by atoms with Crippen LogP contribution >= 0.6 is 0 Å². The van der Waals surface area contributed by atoms with Crippen LogP contribution in [0.3, 0.4) is 0 Å². The van der Waals surface area contributed by atoms with Gasteiger partial charge in [-0.25, -0.2) is 0 Å². The Kier molecular flexibility index (Phi) is 2.75. The first-order valence-electron chi connectivity index (χ1n) is 6.19. The second kappa shape index (κ2) is 3.85. The summed E-state index contributed by atoms with van der Waals surface area (Å²) < 4.78 is 0. The van der Waals surface area contributed by atoms with Gasteiger partial charge in [0.1, 0.15) is 5.54 Å². The SMILES string of the molecule is CC(C)N1CC(C)(C)C1(C#N)c1ccccc1. The zero-order valence-corrected chi connectivity index (χ0v) is 11.1. The van der Waals surface area contributed by atoms with Crippen molar-refractivity contribution in [2.45, 2.75) is 39.3 Å². The number of hydrogen-bond acceptors (Lipinski definition) is 2. The maximum Gasteiger partial charge on any atom is 0.141 e. The molecule has 0 saturated carbocycles. The molecule has 1 aromatic rings. The summed E-state index contributed by atoms with van der Waals surface area (Å²) >= 11 is 0. The summed E-state index contributed by atoms with van der Waals surface area (Å²) in [5.41, 5.74) is 0.656. The van der Waals surface area contributed by atoms with E-state index in [0.717, 1.165) is 12.1 Å². The third-order valence-electron chi connectivity index (χ3n) is 3.95. The molecular weight excluding hydrogens is 208 g/mol. The van der Waals surface area contributed by atoms with Crippen LogP contribution in [0.15, 0.2) is 30.3 Å². The van der Waals surface area contributed by atoms with E-state index in [1.165, 1.54) is 0 Å². The first-order chi connectivity index (χ1) is 7.95. The maximum atomic E-state index is 9.75. The minimum atomic E-state index is -0.470. The normalized spacial score (nSPS) is 27.5. The Labute approximate surface area is 104 Å². The van der Waals surface area contributed by atoms with Gasteiger partial charge in [-0.1, -0.05) is 44.2 Å². The minimum absolute atomic E-state index is 0.00731. The van der Waals surface area contributed by atoms with E-state index in [2.05, 4.69) is 50.8 Å². The Morgan fingerprint density at radius 2 is 1.82 bits per heavy atom. The van der Waals surface area contributed by atoms with E-state index in [0.29, 0.717) is 6.04 Å². The first kappa shape index (κ1) is 12.1. The van der Waals surface area contributed by atoms with Crippen LogP contribution in [-0.2, 0) is 5.54 Å². The van der Waals surface area contributed by atoms with E-state index in [4.69, 9.17) is 0 Å². The van der Waals surface area contributed by atoms with Gasteiger partial charge in [-0.05, 0) is 19.4 Å². The molecule has 0 spiro atoms. The summed E-state index contributed by atoms with van der Waals surface area (Å²) in [6, 6.07) is 13.1. The fraction of sp³-hybridized carbons (Fsp3) is 0.533. The third kappa shape index (κ3) is 1.50. The van der Waals surface area contributed by atoms with Gasteiger partial charge in [0.15, 0.2) is 0 Å². The van der Waals surface area contributed by atoms with Crippen molar-refractivity contribution in [3.05, 3.63) is 35.9 Å². The van der Waals surface area contributed by atoms with Crippen LogP contribution in [0.25, 0.3) is 0 Å². The van der Waals surface area contributed by atoms with Crippen molar-refractivity contribution in [1.82, 2.24) is 4.90 Å². The van der Waals surface area contributed by atoms with Crippen LogP contribution < -0.4 is 0 Å². The average Bonchev–Trinajstić information content (AvgIpc) is 2.28. The number of nitriles is 1. The zero-order valence-electron chi connectivity index (χ0n) is 11.1. The molecule has 1 aliphatic rings. The van der Waals surface area contributed by atoms with E-state index in [9.17, 15) is 5.26 Å². The summed E-state index contributed by atoms with van der Waals surface area (Å²) in [6.07, 6.45) is 0. The maximum absolute atomic E-state index is 9.75. The fourth-order valence-electron chi connectivity index (χ4n) is 3.04. The van der Waals surface area contributed by atoms with E-state index in [1.54, 1.807) is 0 Å². The molecule has 17 heavy (non-hydrogen) atoms. The first-order valence-corrected chi connectivity index (χ1v) is 6.19. The van der Waals surface area contributed by atoms with Crippen molar-refractivity contribution in [3.8, 4) is 6.07 Å². The van der Waals surface area contributed by atoms with Crippen molar-refractivity contribution in [1.29, 1.82) is 5.26 Å². The number of nitrogens with zero attached hydrogens (tertiary/aromatic N) is 2. The highest BCUT2D eigenvalue weighted by Crippen LogP contribution is 2.54. The molecule has 90 valence electrons. The molecule has 1 fully saturated rings. The Morgan fingerprint density at radius 1 is 1.24 bits per heavy atom. The number of rotatable bonds is 2. The summed E-state index contributed by atoms with van der Waals surface area (Å²) in [4.78, 5) is 2.29. The molecule has 1 unspecified atom stereocenters. The van der Waals surface area contributed by atoms with Crippen LogP contribution in [0, 0.1) is 16.7 Å². The van der Waals surface area contributed by atoms with Crippen molar-refractivity contribution in [2.75, 3.05) is 6.54 Å². The van der Waals surface area contributed by atoms with Gasteiger partial charge in [-0.2, -0.15) is 5.26 Å². The van der Waals surface area contributed by atoms with Crippen LogP contribution in [0.5, 0.6) is 0 Å². The molecule has 1 saturated heterocycles. The summed E-state index contributed by atoms with van der Waals surface area (Å²) in [6.45, 7) is 9.66. The van der Waals surface area contributed by atoms with Crippen LogP contribution in [0.2, 0.25) is 0 Å². The molecule has 0 radical (unpaired) electrons. The van der Waals surface area contributed by atoms with Crippen molar-refractivity contribution in [2.24, 2.45) is 5.41 Å². The zero-order chi connectivity index (χ0) is 12.7. The predicted octanol–water partition coefficient (Wildman–Crippen LogP) is 3.16. The molecule has 0 aromatic heterocycles. The van der Waals surface area contributed by atoms with E-state index < -0.39 is 5.54 Å². The summed E-state index contributed by atoms with van der Waals surface area (Å²) in [5.74, 6) is 0. The summed E-state index contributed by atoms with van der Waals surface area (Å²) in [7, 11) is 0. The Morgan fingerprint density at radius 3 is 2.24 bits per heavy atom. The monoisotopic (exact) mass is 228 g/mol. The van der Waals surface area contributed by atoms with Crippen LogP contribution in [-0.4, -0.2) is 17.5 Å². The van der Waals surface area contributed by atoms with E-state index >= 15 is 0 Å². The topological polar surface area (TPSA) is 27.0 Å². The largest absolute Gasteiger partial charge is 0.278 e. The molecule has 2 nitrogen and oxygen atoms in total. The molecule has 0 amide bonds. The highest BCUT2D eigenvalue weighted by Gasteiger charge is 2.61. The Balaban J connectivity index is 2.53. The smallest absolute Gasteiger partial charge is 0.141 e. The molecule has 1 atom stereocenters. The molecule has 2 rings (SSSR count). The molecule has 1 aliphatic heterocycles. The quantitative estimate of drug-likeness (QED) is 0.777. The lowest BCUT2D eigenvalue weighted by molar-refractivity contribution is -0.127. The predicted molar refractivity (Wildman–Crippen MR) is 69.4 cm³/mol. The average molecular weight is 228 g/mol. The third-order valence-corrected chi connectivity index (χ3v) is 3.95. The molecule has 1 aromatic carbocycles. The molecular formula is C15H20N2. The van der Waals surface area contributed by atoms with Gasteiger partial charge in [0, 0.05) is 18.0 Å². The van der Waals surface area contributed by atoms with Gasteiger partial charge in [-0.15, -0.1) is 0 Å². The van der Waals surface area contributed by atoms with Gasteiger partial charge in [-0.3, -0.25) is 4.90 Å². The van der Waals surface area contributed by atoms with Crippen LogP contribution in [0.4, 0.5) is 0 Å². The molecule has 2 heteroatoms. The lowest BCUT2D eigenvalue weighted by atomic mass is 9.60. The molecule has 0 aliphatic carbocycles. The highest BCUT2D eigenvalue weighted by atomic mass is 15.3. The Bertz CT molecular complexity index is 442. The van der Waals surface area contributed by atoms with Crippen molar-refractivity contribution >= 4 is 0 Å². The highest BCUT2D eigenvalue weighted by molar-refractivity contribution is 5.39. The van der Waals surface area contributed by atoms with Crippen LogP contribution in [0.1, 0.15) is 33.3 Å². The molecule has 0 bridgehead atoms. The van der Waals surface area contributed by atoms with Crippen molar-refractivity contribution < 1.29 is 0 Å². The second-order valence-electron chi connectivity index (χ2n) is 5.79. The second-order valence-corrected chi connectivity index (χ2v) is 5.79. The lowest BCUT2D eigenvalue weighted by Gasteiger charge is -2.62. The number of hydrogen-bond donors (Lipinski definition) is 0. The van der Waals surface area contributed by atoms with Gasteiger partial charge >= 0.3 is 0 Å². The van der Waals surface area contributed by atoms with Gasteiger partial charge in [0.2, 0.25) is 0 Å². The molecule has 0 N–H and O–H groups in total. The number of likely N-dealkylation sites (tertiary alicyclic amines) is 1. The van der Waals surface area contributed by atoms with Gasteiger partial charge in [0.05, 0.1) is 6.07 Å². The van der Waals surface area contributed by atoms with Gasteiger partial charge < -0.3 is 0 Å². The van der Waals surface area contributed by atoms with Gasteiger partial charge in [0.25, 0.3) is 0 Å². The Hall–Kier alpha value is -1.33. The minimum Gasteiger partial charge on any atom is -0.278 e. The fourth-order valence-corrected chi connectivity index (χ4v) is 3.04. The summed E-state index contributed by atoms with van der Waals surface area (Å²) in [5, 5.41) is 9.75. The van der Waals surface area contributed by atoms with Crippen molar-refractivity contribution in [3.63, 3.8) is 0 Å². The number of benzene rings is 1. The van der Waals surface area contributed by atoms with E-state index in [1.807, 2.05) is 18.2 Å². The standard InChI is InChI=1S/C15H20N2/c1-12(2)17-11-14(3,4)15(17,10-16)13-8-6-5-7-9-13/h5-9,12H,11H2,1-4H3. The molecule has 1 heterocycles. The van der Waals surface area contributed by atoms with E-state index in [-0.39, 0.29) is 5.41 Å².